The normalized spacial score (nSPS) is 10.8. The molecular weight excluding hydrogens is 331 g/mol. The molecule has 0 fully saturated rings. The van der Waals surface area contributed by atoms with Crippen LogP contribution in [0.1, 0.15) is 35.4 Å². The number of carbonyl (C=O) groups excluding carboxylic acids is 2. The summed E-state index contributed by atoms with van der Waals surface area (Å²) in [5.41, 5.74) is 5.65. The van der Waals surface area contributed by atoms with E-state index in [1.54, 1.807) is 0 Å². The van der Waals surface area contributed by atoms with Crippen LogP contribution < -0.4 is 5.73 Å². The summed E-state index contributed by atoms with van der Waals surface area (Å²) in [5.74, 6) is 0.701. The molecule has 0 saturated heterocycles. The molecule has 0 aliphatic carbocycles. The second kappa shape index (κ2) is 8.58. The number of ketones is 1. The topological polar surface area (TPSA) is 90.9 Å². The first-order valence-electron chi connectivity index (χ1n) is 7.55. The van der Waals surface area contributed by atoms with Crippen molar-refractivity contribution in [3.05, 3.63) is 41.5 Å². The number of carbonyl (C=O) groups is 2. The van der Waals surface area contributed by atoms with E-state index < -0.39 is 0 Å². The van der Waals surface area contributed by atoms with Crippen LogP contribution in [0.5, 0.6) is 0 Å². The summed E-state index contributed by atoms with van der Waals surface area (Å²) in [5, 5.41) is 8.85. The van der Waals surface area contributed by atoms with Gasteiger partial charge in [-0.15, -0.1) is 10.2 Å². The number of aromatic nitrogens is 3. The number of hydrogen-bond acceptors (Lipinski definition) is 5. The Balaban J connectivity index is 1.77. The highest BCUT2D eigenvalue weighted by molar-refractivity contribution is 7.99. The fourth-order valence-corrected chi connectivity index (χ4v) is 2.97. The van der Waals surface area contributed by atoms with E-state index in [1.807, 2.05) is 11.6 Å². The minimum atomic E-state index is -0.369. The summed E-state index contributed by atoms with van der Waals surface area (Å²) < 4.78 is 14.7. The molecule has 0 radical (unpaired) electrons. The standard InChI is InChI=1S/C16H19FN4O2S/c1-21-15(9-8-14(18)23)19-20-16(21)24-10-2-3-13(22)11-4-6-12(17)7-5-11/h4-7H,2-3,8-10H2,1H3,(H2,18,23). The lowest BCUT2D eigenvalue weighted by molar-refractivity contribution is -0.118. The zero-order valence-corrected chi connectivity index (χ0v) is 14.2. The first kappa shape index (κ1) is 18.1. The van der Waals surface area contributed by atoms with Gasteiger partial charge in [0.2, 0.25) is 5.91 Å². The molecule has 128 valence electrons. The second-order valence-corrected chi connectivity index (χ2v) is 6.37. The Labute approximate surface area is 143 Å². The van der Waals surface area contributed by atoms with Crippen LogP contribution in [-0.2, 0) is 18.3 Å². The average Bonchev–Trinajstić information content (AvgIpc) is 2.90. The Morgan fingerprint density at radius 2 is 1.92 bits per heavy atom. The summed E-state index contributed by atoms with van der Waals surface area (Å²) in [6, 6.07) is 5.57. The molecule has 0 unspecified atom stereocenters. The van der Waals surface area contributed by atoms with Crippen molar-refractivity contribution >= 4 is 23.5 Å². The van der Waals surface area contributed by atoms with E-state index in [2.05, 4.69) is 10.2 Å². The molecule has 0 aliphatic heterocycles. The molecule has 1 heterocycles. The van der Waals surface area contributed by atoms with Gasteiger partial charge in [-0.05, 0) is 30.7 Å². The van der Waals surface area contributed by atoms with Gasteiger partial charge in [0.15, 0.2) is 10.9 Å². The number of rotatable bonds is 9. The van der Waals surface area contributed by atoms with E-state index in [9.17, 15) is 14.0 Å². The highest BCUT2D eigenvalue weighted by Crippen LogP contribution is 2.18. The Hall–Kier alpha value is -2.22. The number of thioether (sulfide) groups is 1. The molecule has 0 atom stereocenters. The molecule has 0 aliphatic rings. The number of nitrogens with two attached hydrogens (primary N) is 1. The predicted octanol–water partition coefficient (Wildman–Crippen LogP) is 2.13. The molecule has 1 aromatic heterocycles. The number of benzene rings is 1. The van der Waals surface area contributed by atoms with Crippen LogP contribution in [0, 0.1) is 5.82 Å². The Morgan fingerprint density at radius 3 is 2.58 bits per heavy atom. The monoisotopic (exact) mass is 350 g/mol. The van der Waals surface area contributed by atoms with Gasteiger partial charge in [0, 0.05) is 37.6 Å². The van der Waals surface area contributed by atoms with Crippen molar-refractivity contribution in [1.29, 1.82) is 0 Å². The number of hydrogen-bond donors (Lipinski definition) is 1. The Bertz CT molecular complexity index is 715. The van der Waals surface area contributed by atoms with E-state index in [0.717, 1.165) is 5.16 Å². The SMILES string of the molecule is Cn1c(CCC(N)=O)nnc1SCCCC(=O)c1ccc(F)cc1. The molecule has 2 aromatic rings. The fourth-order valence-electron chi connectivity index (χ4n) is 2.10. The summed E-state index contributed by atoms with van der Waals surface area (Å²) in [6.45, 7) is 0. The molecule has 0 saturated carbocycles. The van der Waals surface area contributed by atoms with Gasteiger partial charge < -0.3 is 10.3 Å². The highest BCUT2D eigenvalue weighted by atomic mass is 32.2. The predicted molar refractivity (Wildman–Crippen MR) is 89.2 cm³/mol. The average molecular weight is 350 g/mol. The number of nitrogens with zero attached hydrogens (tertiary/aromatic N) is 3. The lowest BCUT2D eigenvalue weighted by Crippen LogP contribution is -2.12. The number of halogens is 1. The number of aryl methyl sites for hydroxylation is 1. The summed E-state index contributed by atoms with van der Waals surface area (Å²) in [7, 11) is 1.84. The third-order valence-electron chi connectivity index (χ3n) is 3.47. The Morgan fingerprint density at radius 1 is 1.21 bits per heavy atom. The van der Waals surface area contributed by atoms with Gasteiger partial charge >= 0.3 is 0 Å². The zero-order chi connectivity index (χ0) is 17.5. The van der Waals surface area contributed by atoms with E-state index >= 15 is 0 Å². The Kier molecular flexibility index (Phi) is 6.48. The van der Waals surface area contributed by atoms with Gasteiger partial charge in [0.1, 0.15) is 11.6 Å². The van der Waals surface area contributed by atoms with Crippen LogP contribution in [0.4, 0.5) is 4.39 Å². The van der Waals surface area contributed by atoms with Crippen LogP contribution in [0.25, 0.3) is 0 Å². The van der Waals surface area contributed by atoms with Gasteiger partial charge in [-0.2, -0.15) is 0 Å². The van der Waals surface area contributed by atoms with Crippen molar-refractivity contribution < 1.29 is 14.0 Å². The van der Waals surface area contributed by atoms with Crippen molar-refractivity contribution in [2.75, 3.05) is 5.75 Å². The van der Waals surface area contributed by atoms with Crippen LogP contribution in [-0.4, -0.2) is 32.2 Å². The van der Waals surface area contributed by atoms with Gasteiger partial charge in [-0.25, -0.2) is 4.39 Å². The minimum Gasteiger partial charge on any atom is -0.370 e. The maximum Gasteiger partial charge on any atom is 0.217 e. The molecule has 24 heavy (non-hydrogen) atoms. The first-order chi connectivity index (χ1) is 11.5. The maximum atomic E-state index is 12.8. The lowest BCUT2D eigenvalue weighted by atomic mass is 10.1. The van der Waals surface area contributed by atoms with Gasteiger partial charge in [0.25, 0.3) is 0 Å². The molecule has 2 rings (SSSR count). The fraction of sp³-hybridized carbons (Fsp3) is 0.375. The number of primary amides is 1. The number of amides is 1. The molecule has 1 amide bonds. The first-order valence-corrected chi connectivity index (χ1v) is 8.54. The molecule has 0 bridgehead atoms. The van der Waals surface area contributed by atoms with Gasteiger partial charge in [-0.3, -0.25) is 9.59 Å². The second-order valence-electron chi connectivity index (χ2n) is 5.31. The summed E-state index contributed by atoms with van der Waals surface area (Å²) in [6.07, 6.45) is 1.78. The van der Waals surface area contributed by atoms with E-state index in [0.29, 0.717) is 36.4 Å². The molecular formula is C16H19FN4O2S. The quantitative estimate of drug-likeness (QED) is 0.425. The molecule has 8 heteroatoms. The molecule has 0 spiro atoms. The molecule has 6 nitrogen and oxygen atoms in total. The highest BCUT2D eigenvalue weighted by Gasteiger charge is 2.11. The van der Waals surface area contributed by atoms with Crippen molar-refractivity contribution in [3.8, 4) is 0 Å². The van der Waals surface area contributed by atoms with Crippen molar-refractivity contribution in [2.45, 2.75) is 30.8 Å². The van der Waals surface area contributed by atoms with E-state index in [-0.39, 0.29) is 23.9 Å². The van der Waals surface area contributed by atoms with Crippen LogP contribution >= 0.6 is 11.8 Å². The van der Waals surface area contributed by atoms with Crippen molar-refractivity contribution in [2.24, 2.45) is 12.8 Å². The van der Waals surface area contributed by atoms with E-state index in [1.165, 1.54) is 36.0 Å². The van der Waals surface area contributed by atoms with Crippen LogP contribution in [0.3, 0.4) is 0 Å². The van der Waals surface area contributed by atoms with Gasteiger partial charge in [-0.1, -0.05) is 11.8 Å². The smallest absolute Gasteiger partial charge is 0.217 e. The summed E-state index contributed by atoms with van der Waals surface area (Å²) in [4.78, 5) is 22.8. The van der Waals surface area contributed by atoms with E-state index in [4.69, 9.17) is 5.73 Å². The lowest BCUT2D eigenvalue weighted by Gasteiger charge is -2.03. The largest absolute Gasteiger partial charge is 0.370 e. The van der Waals surface area contributed by atoms with Crippen LogP contribution in [0.15, 0.2) is 29.4 Å². The van der Waals surface area contributed by atoms with Crippen molar-refractivity contribution in [3.63, 3.8) is 0 Å². The maximum absolute atomic E-state index is 12.8. The van der Waals surface area contributed by atoms with Crippen molar-refractivity contribution in [1.82, 2.24) is 14.8 Å². The number of Topliss-reactive ketones (excluding diaryl/α,β-unsaturated/α-hetero) is 1. The molecule has 1 aromatic carbocycles. The van der Waals surface area contributed by atoms with Gasteiger partial charge in [0.05, 0.1) is 0 Å². The zero-order valence-electron chi connectivity index (χ0n) is 13.4. The molecule has 2 N–H and O–H groups in total. The summed E-state index contributed by atoms with van der Waals surface area (Å²) >= 11 is 1.50. The minimum absolute atomic E-state index is 0.00397. The van der Waals surface area contributed by atoms with Crippen LogP contribution in [0.2, 0.25) is 0 Å². The third kappa shape index (κ3) is 5.16. The third-order valence-corrected chi connectivity index (χ3v) is 4.57.